The van der Waals surface area contributed by atoms with Crippen LogP contribution in [0.2, 0.25) is 0 Å². The van der Waals surface area contributed by atoms with E-state index in [0.29, 0.717) is 6.04 Å². The Labute approximate surface area is 129 Å². The molecule has 0 aromatic heterocycles. The molecule has 0 bridgehead atoms. The SMILES string of the molecule is CCCCN(CC(NC)c1ccc(OCC)cc1)C1CC1. The van der Waals surface area contributed by atoms with Gasteiger partial charge in [0.2, 0.25) is 0 Å². The van der Waals surface area contributed by atoms with Crippen molar-refractivity contribution in [2.45, 2.75) is 51.6 Å². The van der Waals surface area contributed by atoms with Crippen molar-refractivity contribution in [2.75, 3.05) is 26.7 Å². The van der Waals surface area contributed by atoms with Crippen LogP contribution in [0.3, 0.4) is 0 Å². The lowest BCUT2D eigenvalue weighted by atomic mass is 10.1. The maximum Gasteiger partial charge on any atom is 0.119 e. The molecule has 1 aliphatic carbocycles. The minimum absolute atomic E-state index is 0.401. The van der Waals surface area contributed by atoms with Gasteiger partial charge in [-0.25, -0.2) is 0 Å². The maximum absolute atomic E-state index is 5.53. The molecule has 1 saturated carbocycles. The molecule has 0 radical (unpaired) electrons. The topological polar surface area (TPSA) is 24.5 Å². The van der Waals surface area contributed by atoms with Crippen molar-refractivity contribution in [2.24, 2.45) is 0 Å². The Hall–Kier alpha value is -1.06. The summed E-state index contributed by atoms with van der Waals surface area (Å²) in [4.78, 5) is 2.67. The van der Waals surface area contributed by atoms with Gasteiger partial charge >= 0.3 is 0 Å². The second kappa shape index (κ2) is 8.40. The molecule has 1 atom stereocenters. The van der Waals surface area contributed by atoms with Gasteiger partial charge in [-0.05, 0) is 57.5 Å². The second-order valence-electron chi connectivity index (χ2n) is 5.92. The molecule has 21 heavy (non-hydrogen) atoms. The monoisotopic (exact) mass is 290 g/mol. The van der Waals surface area contributed by atoms with Crippen molar-refractivity contribution in [3.05, 3.63) is 29.8 Å². The highest BCUT2D eigenvalue weighted by Crippen LogP contribution is 2.29. The number of benzene rings is 1. The van der Waals surface area contributed by atoms with Crippen molar-refractivity contribution in [3.63, 3.8) is 0 Å². The molecule has 1 aliphatic rings. The molecular weight excluding hydrogens is 260 g/mol. The first-order valence-corrected chi connectivity index (χ1v) is 8.42. The zero-order valence-electron chi connectivity index (χ0n) is 13.8. The van der Waals surface area contributed by atoms with Crippen LogP contribution in [0, 0.1) is 0 Å². The van der Waals surface area contributed by atoms with E-state index in [1.54, 1.807) is 0 Å². The van der Waals surface area contributed by atoms with Crippen molar-refractivity contribution in [3.8, 4) is 5.75 Å². The van der Waals surface area contributed by atoms with Gasteiger partial charge in [-0.1, -0.05) is 25.5 Å². The smallest absolute Gasteiger partial charge is 0.119 e. The molecule has 1 unspecified atom stereocenters. The number of likely N-dealkylation sites (N-methyl/N-ethyl adjacent to an activating group) is 1. The molecule has 3 nitrogen and oxygen atoms in total. The Kier molecular flexibility index (Phi) is 6.52. The third-order valence-corrected chi connectivity index (χ3v) is 4.22. The molecule has 0 amide bonds. The van der Waals surface area contributed by atoms with Crippen molar-refractivity contribution in [1.82, 2.24) is 10.2 Å². The van der Waals surface area contributed by atoms with E-state index in [2.05, 4.69) is 48.5 Å². The third-order valence-electron chi connectivity index (χ3n) is 4.22. The number of nitrogens with zero attached hydrogens (tertiary/aromatic N) is 1. The van der Waals surface area contributed by atoms with Crippen LogP contribution in [0.25, 0.3) is 0 Å². The van der Waals surface area contributed by atoms with Crippen LogP contribution in [0.5, 0.6) is 5.75 Å². The third kappa shape index (κ3) is 5.01. The molecule has 118 valence electrons. The number of hydrogen-bond donors (Lipinski definition) is 1. The predicted molar refractivity (Wildman–Crippen MR) is 88.9 cm³/mol. The van der Waals surface area contributed by atoms with Crippen LogP contribution >= 0.6 is 0 Å². The lowest BCUT2D eigenvalue weighted by molar-refractivity contribution is 0.233. The summed E-state index contributed by atoms with van der Waals surface area (Å²) >= 11 is 0. The number of rotatable bonds is 10. The lowest BCUT2D eigenvalue weighted by Crippen LogP contribution is -2.36. The molecule has 0 saturated heterocycles. The molecule has 1 fully saturated rings. The van der Waals surface area contributed by atoms with E-state index < -0.39 is 0 Å². The fraction of sp³-hybridized carbons (Fsp3) is 0.667. The summed E-state index contributed by atoms with van der Waals surface area (Å²) < 4.78 is 5.53. The molecule has 0 heterocycles. The summed E-state index contributed by atoms with van der Waals surface area (Å²) in [5.74, 6) is 0.959. The molecule has 0 spiro atoms. The highest BCUT2D eigenvalue weighted by atomic mass is 16.5. The van der Waals surface area contributed by atoms with E-state index in [-0.39, 0.29) is 0 Å². The Morgan fingerprint density at radius 2 is 1.95 bits per heavy atom. The van der Waals surface area contributed by atoms with E-state index in [0.717, 1.165) is 24.9 Å². The standard InChI is InChI=1S/C18H30N2O/c1-4-6-13-20(16-9-10-16)14-18(19-3)15-7-11-17(12-8-15)21-5-2/h7-8,11-12,16,18-19H,4-6,9-10,13-14H2,1-3H3. The summed E-state index contributed by atoms with van der Waals surface area (Å²) in [5, 5.41) is 3.48. The molecular formula is C18H30N2O. The number of ether oxygens (including phenoxy) is 1. The summed E-state index contributed by atoms with van der Waals surface area (Å²) in [6, 6.07) is 9.77. The minimum atomic E-state index is 0.401. The van der Waals surface area contributed by atoms with Gasteiger partial charge < -0.3 is 10.1 Å². The molecule has 3 heteroatoms. The maximum atomic E-state index is 5.53. The number of nitrogens with one attached hydrogen (secondary N) is 1. The normalized spacial score (nSPS) is 16.2. The summed E-state index contributed by atoms with van der Waals surface area (Å²) in [5.41, 5.74) is 1.35. The fourth-order valence-corrected chi connectivity index (χ4v) is 2.78. The number of hydrogen-bond acceptors (Lipinski definition) is 3. The molecule has 1 aromatic rings. The van der Waals surface area contributed by atoms with Crippen LogP contribution in [-0.4, -0.2) is 37.7 Å². The fourth-order valence-electron chi connectivity index (χ4n) is 2.78. The van der Waals surface area contributed by atoms with Gasteiger partial charge in [0.05, 0.1) is 6.61 Å². The van der Waals surface area contributed by atoms with E-state index >= 15 is 0 Å². The summed E-state index contributed by atoms with van der Waals surface area (Å²) in [6.07, 6.45) is 5.33. The van der Waals surface area contributed by atoms with Crippen molar-refractivity contribution < 1.29 is 4.74 Å². The van der Waals surface area contributed by atoms with Gasteiger partial charge in [-0.3, -0.25) is 4.90 Å². The number of unbranched alkanes of at least 4 members (excludes halogenated alkanes) is 1. The molecule has 0 aliphatic heterocycles. The van der Waals surface area contributed by atoms with E-state index in [1.807, 2.05) is 6.92 Å². The van der Waals surface area contributed by atoms with E-state index in [4.69, 9.17) is 4.74 Å². The van der Waals surface area contributed by atoms with E-state index in [9.17, 15) is 0 Å². The van der Waals surface area contributed by atoms with Crippen LogP contribution in [0.1, 0.15) is 51.1 Å². The van der Waals surface area contributed by atoms with Crippen LogP contribution in [-0.2, 0) is 0 Å². The van der Waals surface area contributed by atoms with Gasteiger partial charge in [0.25, 0.3) is 0 Å². The van der Waals surface area contributed by atoms with Crippen LogP contribution in [0.15, 0.2) is 24.3 Å². The van der Waals surface area contributed by atoms with Crippen molar-refractivity contribution in [1.29, 1.82) is 0 Å². The van der Waals surface area contributed by atoms with Crippen molar-refractivity contribution >= 4 is 0 Å². The van der Waals surface area contributed by atoms with Gasteiger partial charge in [0.1, 0.15) is 5.75 Å². The average molecular weight is 290 g/mol. The highest BCUT2D eigenvalue weighted by molar-refractivity contribution is 5.29. The highest BCUT2D eigenvalue weighted by Gasteiger charge is 2.30. The quantitative estimate of drug-likeness (QED) is 0.712. The summed E-state index contributed by atoms with van der Waals surface area (Å²) in [7, 11) is 2.06. The Morgan fingerprint density at radius 3 is 2.48 bits per heavy atom. The van der Waals surface area contributed by atoms with Gasteiger partial charge in [0, 0.05) is 18.6 Å². The summed E-state index contributed by atoms with van der Waals surface area (Å²) in [6.45, 7) is 7.35. The molecule has 2 rings (SSSR count). The van der Waals surface area contributed by atoms with E-state index in [1.165, 1.54) is 37.8 Å². The Bertz CT molecular complexity index is 400. The largest absolute Gasteiger partial charge is 0.494 e. The molecule has 1 N–H and O–H groups in total. The zero-order valence-corrected chi connectivity index (χ0v) is 13.8. The van der Waals surface area contributed by atoms with Gasteiger partial charge in [-0.15, -0.1) is 0 Å². The van der Waals surface area contributed by atoms with Gasteiger partial charge in [0.15, 0.2) is 0 Å². The first kappa shape index (κ1) is 16.3. The second-order valence-corrected chi connectivity index (χ2v) is 5.92. The molecule has 1 aromatic carbocycles. The van der Waals surface area contributed by atoms with Gasteiger partial charge in [-0.2, -0.15) is 0 Å². The Balaban J connectivity index is 1.96. The average Bonchev–Trinajstić information content (AvgIpc) is 3.34. The lowest BCUT2D eigenvalue weighted by Gasteiger charge is -2.27. The van der Waals surface area contributed by atoms with Crippen LogP contribution < -0.4 is 10.1 Å². The predicted octanol–water partition coefficient (Wildman–Crippen LogP) is 3.61. The first-order valence-electron chi connectivity index (χ1n) is 8.42. The minimum Gasteiger partial charge on any atom is -0.494 e. The first-order chi connectivity index (χ1) is 10.3. The Morgan fingerprint density at radius 1 is 1.24 bits per heavy atom. The zero-order chi connectivity index (χ0) is 15.1. The van der Waals surface area contributed by atoms with Crippen LogP contribution in [0.4, 0.5) is 0 Å².